The first-order chi connectivity index (χ1) is 26.8. The molecule has 11 heteroatoms. The fourth-order valence-electron chi connectivity index (χ4n) is 5.27. The molecule has 0 fully saturated rings. The Morgan fingerprint density at radius 2 is 1.20 bits per heavy atom. The van der Waals surface area contributed by atoms with Crippen molar-refractivity contribution in [1.82, 2.24) is 0 Å². The molecule has 0 saturated carbocycles. The van der Waals surface area contributed by atoms with Crippen LogP contribution in [0.2, 0.25) is 0 Å². The quantitative estimate of drug-likeness (QED) is 0.0252. The topological polar surface area (TPSA) is 108 Å². The minimum atomic E-state index is -0.575. The number of para-hydroxylation sites is 2. The van der Waals surface area contributed by atoms with Gasteiger partial charge in [-0.05, 0) is 96.4 Å². The summed E-state index contributed by atoms with van der Waals surface area (Å²) in [6, 6.07) is 41.2. The molecule has 5 rings (SSSR count). The van der Waals surface area contributed by atoms with Crippen molar-refractivity contribution in [1.29, 1.82) is 0 Å². The first-order valence-electron chi connectivity index (χ1n) is 17.3. The molecule has 0 radical (unpaired) electrons. The van der Waals surface area contributed by atoms with E-state index in [-0.39, 0.29) is 43.4 Å². The van der Waals surface area contributed by atoms with Crippen molar-refractivity contribution in [2.45, 2.75) is 13.5 Å². The molecule has 0 unspecified atom stereocenters. The number of ketones is 1. The standard InChI is InChI=1S/C44H43N3O8/c1-32-26-41(21-18-36(32)27-45-47(39-12-8-6-9-13-39)40-14-10-7-11-15-40)46(37-19-16-35(17-20-37)30-53-44(49)34(3)29-55-51-5)38-22-24-42(25-23-38)52-31-43(48)33(2)28-54-50-4/h6-27H,2-3,28-31H2,1,4-5H3. The molecular weight excluding hydrogens is 698 g/mol. The Morgan fingerprint density at radius 1 is 0.655 bits per heavy atom. The second-order valence-electron chi connectivity index (χ2n) is 12.1. The minimum absolute atomic E-state index is 0.0468. The van der Waals surface area contributed by atoms with Crippen molar-refractivity contribution >= 4 is 46.4 Å². The van der Waals surface area contributed by atoms with Gasteiger partial charge in [0.25, 0.3) is 0 Å². The zero-order valence-corrected chi connectivity index (χ0v) is 31.1. The molecule has 0 aliphatic carbocycles. The Morgan fingerprint density at radius 3 is 1.76 bits per heavy atom. The van der Waals surface area contributed by atoms with Crippen LogP contribution >= 0.6 is 0 Å². The summed E-state index contributed by atoms with van der Waals surface area (Å²) in [5, 5.41) is 6.80. The average Bonchev–Trinajstić information content (AvgIpc) is 3.22. The fourth-order valence-corrected chi connectivity index (χ4v) is 5.27. The Balaban J connectivity index is 1.40. The Hall–Kier alpha value is -6.37. The summed E-state index contributed by atoms with van der Waals surface area (Å²) in [5.74, 6) is -0.360. The van der Waals surface area contributed by atoms with E-state index in [1.165, 1.54) is 14.2 Å². The van der Waals surface area contributed by atoms with Gasteiger partial charge >= 0.3 is 5.97 Å². The summed E-state index contributed by atoms with van der Waals surface area (Å²) in [4.78, 5) is 45.5. The highest BCUT2D eigenvalue weighted by molar-refractivity contribution is 5.96. The number of anilines is 5. The van der Waals surface area contributed by atoms with Gasteiger partial charge in [-0.25, -0.2) is 29.4 Å². The second-order valence-corrected chi connectivity index (χ2v) is 12.1. The third-order valence-electron chi connectivity index (χ3n) is 8.24. The van der Waals surface area contributed by atoms with Gasteiger partial charge in [0.05, 0.1) is 37.4 Å². The number of aryl methyl sites for hydroxylation is 1. The third-order valence-corrected chi connectivity index (χ3v) is 8.24. The summed E-state index contributed by atoms with van der Waals surface area (Å²) in [6.45, 7) is 9.17. The van der Waals surface area contributed by atoms with Crippen molar-refractivity contribution in [3.63, 3.8) is 0 Å². The van der Waals surface area contributed by atoms with Crippen LogP contribution in [0.15, 0.2) is 157 Å². The van der Waals surface area contributed by atoms with Gasteiger partial charge in [-0.15, -0.1) is 0 Å². The molecule has 0 aliphatic rings. The maximum absolute atomic E-state index is 12.4. The van der Waals surface area contributed by atoms with Gasteiger partial charge in [0.1, 0.15) is 25.6 Å². The Kier molecular flexibility index (Phi) is 14.6. The van der Waals surface area contributed by atoms with Crippen LogP contribution in [0.3, 0.4) is 0 Å². The van der Waals surface area contributed by atoms with E-state index in [1.54, 1.807) is 12.1 Å². The molecule has 0 amide bonds. The molecule has 0 aromatic heterocycles. The maximum atomic E-state index is 12.4. The fraction of sp³-hybridized carbons (Fsp3) is 0.159. The van der Waals surface area contributed by atoms with Gasteiger partial charge in [-0.2, -0.15) is 5.10 Å². The lowest BCUT2D eigenvalue weighted by molar-refractivity contribution is -0.265. The molecule has 0 atom stereocenters. The monoisotopic (exact) mass is 741 g/mol. The zero-order valence-electron chi connectivity index (χ0n) is 31.1. The molecule has 5 aromatic rings. The summed E-state index contributed by atoms with van der Waals surface area (Å²) in [6.07, 6.45) is 1.86. The van der Waals surface area contributed by atoms with Crippen LogP contribution < -0.4 is 14.6 Å². The number of ether oxygens (including phenoxy) is 2. The lowest BCUT2D eigenvalue weighted by atomic mass is 10.1. The number of benzene rings is 5. The van der Waals surface area contributed by atoms with Gasteiger partial charge in [-0.1, -0.05) is 67.8 Å². The van der Waals surface area contributed by atoms with E-state index in [2.05, 4.69) is 33.9 Å². The van der Waals surface area contributed by atoms with E-state index in [1.807, 2.05) is 127 Å². The van der Waals surface area contributed by atoms with Crippen LogP contribution in [-0.2, 0) is 40.5 Å². The van der Waals surface area contributed by atoms with E-state index >= 15 is 0 Å². The molecule has 0 bridgehead atoms. The predicted molar refractivity (Wildman–Crippen MR) is 213 cm³/mol. The molecule has 11 nitrogen and oxygen atoms in total. The van der Waals surface area contributed by atoms with Gasteiger partial charge in [0, 0.05) is 22.6 Å². The molecule has 0 heterocycles. The van der Waals surface area contributed by atoms with Gasteiger partial charge < -0.3 is 14.4 Å². The van der Waals surface area contributed by atoms with Crippen LogP contribution in [0.1, 0.15) is 16.7 Å². The lowest BCUT2D eigenvalue weighted by Crippen LogP contribution is -2.16. The van der Waals surface area contributed by atoms with E-state index in [4.69, 9.17) is 24.4 Å². The number of nitrogens with zero attached hydrogens (tertiary/aromatic N) is 3. The Labute approximate surface area is 321 Å². The van der Waals surface area contributed by atoms with Crippen molar-refractivity contribution in [3.05, 3.63) is 168 Å². The second kappa shape index (κ2) is 20.2. The van der Waals surface area contributed by atoms with E-state index in [0.29, 0.717) is 5.75 Å². The Bertz CT molecular complexity index is 1950. The smallest absolute Gasteiger partial charge is 0.336 e. The number of carbonyl (C=O) groups is 2. The highest BCUT2D eigenvalue weighted by Crippen LogP contribution is 2.36. The maximum Gasteiger partial charge on any atom is 0.336 e. The summed E-state index contributed by atoms with van der Waals surface area (Å²) >= 11 is 0. The number of hydrogen-bond acceptors (Lipinski definition) is 11. The summed E-state index contributed by atoms with van der Waals surface area (Å²) in [5.41, 5.74) is 7.58. The molecule has 5 aromatic carbocycles. The lowest BCUT2D eigenvalue weighted by Gasteiger charge is -2.26. The highest BCUT2D eigenvalue weighted by Gasteiger charge is 2.16. The first-order valence-corrected chi connectivity index (χ1v) is 17.3. The van der Waals surface area contributed by atoms with E-state index in [0.717, 1.165) is 45.1 Å². The largest absolute Gasteiger partial charge is 0.485 e. The van der Waals surface area contributed by atoms with Crippen LogP contribution in [0.25, 0.3) is 0 Å². The van der Waals surface area contributed by atoms with E-state index in [9.17, 15) is 9.59 Å². The first kappa shape index (κ1) is 39.8. The average molecular weight is 742 g/mol. The SMILES string of the molecule is C=C(COOC)C(=O)COc1ccc(N(c2ccc(COC(=O)C(=C)COOC)cc2)c2ccc(C=NN(c3ccccc3)c3ccccc3)c(C)c2)cc1. The van der Waals surface area contributed by atoms with Gasteiger partial charge in [-0.3, -0.25) is 4.79 Å². The van der Waals surface area contributed by atoms with Crippen LogP contribution in [0, 0.1) is 6.92 Å². The molecule has 282 valence electrons. The van der Waals surface area contributed by atoms with Crippen LogP contribution in [0.4, 0.5) is 28.4 Å². The number of hydrazone groups is 1. The highest BCUT2D eigenvalue weighted by atomic mass is 17.2. The van der Waals surface area contributed by atoms with Crippen molar-refractivity contribution in [2.75, 3.05) is 43.9 Å². The molecule has 55 heavy (non-hydrogen) atoms. The molecule has 0 aliphatic heterocycles. The minimum Gasteiger partial charge on any atom is -0.485 e. The summed E-state index contributed by atoms with van der Waals surface area (Å²) < 4.78 is 11.2. The number of rotatable bonds is 20. The number of Topliss-reactive ketones (excluding diaryl/α,β-unsaturated/α-hetero) is 1. The van der Waals surface area contributed by atoms with Crippen LogP contribution in [-0.4, -0.2) is 52.0 Å². The number of esters is 1. The zero-order chi connectivity index (χ0) is 39.0. The summed E-state index contributed by atoms with van der Waals surface area (Å²) in [7, 11) is 2.71. The van der Waals surface area contributed by atoms with Crippen molar-refractivity contribution in [2.24, 2.45) is 5.10 Å². The number of carbonyl (C=O) groups excluding carboxylic acids is 2. The van der Waals surface area contributed by atoms with Crippen molar-refractivity contribution in [3.8, 4) is 5.75 Å². The predicted octanol–water partition coefficient (Wildman–Crippen LogP) is 8.90. The number of hydrogen-bond donors (Lipinski definition) is 0. The van der Waals surface area contributed by atoms with Crippen molar-refractivity contribution < 1.29 is 38.6 Å². The van der Waals surface area contributed by atoms with E-state index < -0.39 is 5.97 Å². The van der Waals surface area contributed by atoms with Gasteiger partial charge in [0.15, 0.2) is 12.4 Å². The van der Waals surface area contributed by atoms with Crippen LogP contribution in [0.5, 0.6) is 5.75 Å². The third kappa shape index (κ3) is 11.3. The molecular formula is C44H43N3O8. The van der Waals surface area contributed by atoms with Gasteiger partial charge in [0.2, 0.25) is 0 Å². The molecule has 0 saturated heterocycles. The molecule has 0 spiro atoms. The normalized spacial score (nSPS) is 10.9. The molecule has 0 N–H and O–H groups in total.